The van der Waals surface area contributed by atoms with E-state index < -0.39 is 5.92 Å². The van der Waals surface area contributed by atoms with Crippen LogP contribution < -0.4 is 11.1 Å². The minimum absolute atomic E-state index is 0.0120. The number of thiophene rings is 1. The third-order valence-electron chi connectivity index (χ3n) is 2.68. The van der Waals surface area contributed by atoms with Gasteiger partial charge in [-0.2, -0.15) is 11.3 Å². The van der Waals surface area contributed by atoms with Crippen LogP contribution in [0.3, 0.4) is 0 Å². The van der Waals surface area contributed by atoms with Crippen LogP contribution in [-0.2, 0) is 11.2 Å². The molecule has 6 heteroatoms. The molecule has 0 bridgehead atoms. The first-order valence-corrected chi connectivity index (χ1v) is 6.76. The number of oxime groups is 1. The Bertz CT molecular complexity index is 401. The first-order valence-electron chi connectivity index (χ1n) is 5.82. The van der Waals surface area contributed by atoms with Gasteiger partial charge in [0.25, 0.3) is 0 Å². The van der Waals surface area contributed by atoms with Crippen molar-refractivity contribution < 1.29 is 10.0 Å². The molecule has 5 nitrogen and oxygen atoms in total. The lowest BCUT2D eigenvalue weighted by molar-refractivity contribution is -0.124. The van der Waals surface area contributed by atoms with Gasteiger partial charge in [-0.1, -0.05) is 19.0 Å². The number of nitrogens with two attached hydrogens (primary N) is 1. The molecular formula is C12H19N3O2S. The minimum atomic E-state index is -0.586. The lowest BCUT2D eigenvalue weighted by Gasteiger charge is -2.18. The summed E-state index contributed by atoms with van der Waals surface area (Å²) in [5.74, 6) is -0.840. The molecule has 1 atom stereocenters. The molecule has 1 unspecified atom stereocenters. The molecule has 0 aliphatic rings. The summed E-state index contributed by atoms with van der Waals surface area (Å²) in [4.78, 5) is 11.9. The standard InChI is InChI=1S/C12H19N3O2S/c1-8(2)10(11(13)15-17)12(16)14-5-3-9-4-6-18-7-9/h4,6-8,10,17H,3,5H2,1-2H3,(H2,13,15)(H,14,16). The minimum Gasteiger partial charge on any atom is -0.409 e. The van der Waals surface area contributed by atoms with Crippen LogP contribution in [0.4, 0.5) is 0 Å². The highest BCUT2D eigenvalue weighted by molar-refractivity contribution is 7.07. The maximum Gasteiger partial charge on any atom is 0.231 e. The fraction of sp³-hybridized carbons (Fsp3) is 0.500. The van der Waals surface area contributed by atoms with Gasteiger partial charge in [0.1, 0.15) is 5.92 Å². The molecule has 1 heterocycles. The molecule has 1 amide bonds. The van der Waals surface area contributed by atoms with Crippen molar-refractivity contribution in [3.05, 3.63) is 22.4 Å². The number of rotatable bonds is 6. The number of carbonyl (C=O) groups excluding carboxylic acids is 1. The molecule has 0 aliphatic heterocycles. The lowest BCUT2D eigenvalue weighted by Crippen LogP contribution is -2.42. The molecule has 0 fully saturated rings. The molecule has 0 aromatic carbocycles. The van der Waals surface area contributed by atoms with Crippen LogP contribution in [0.5, 0.6) is 0 Å². The second-order valence-electron chi connectivity index (χ2n) is 4.42. The van der Waals surface area contributed by atoms with E-state index in [4.69, 9.17) is 10.9 Å². The summed E-state index contributed by atoms with van der Waals surface area (Å²) in [5, 5.41) is 18.5. The third kappa shape index (κ3) is 4.03. The first-order chi connectivity index (χ1) is 8.56. The molecule has 0 spiro atoms. The Kier molecular flexibility index (Phi) is 5.64. The summed E-state index contributed by atoms with van der Waals surface area (Å²) in [6.07, 6.45) is 0.788. The van der Waals surface area contributed by atoms with E-state index in [1.165, 1.54) is 5.56 Å². The molecule has 1 rings (SSSR count). The second-order valence-corrected chi connectivity index (χ2v) is 5.20. The zero-order valence-corrected chi connectivity index (χ0v) is 11.4. The molecule has 1 aromatic heterocycles. The van der Waals surface area contributed by atoms with Gasteiger partial charge in [0.2, 0.25) is 5.91 Å². The maximum absolute atomic E-state index is 11.9. The van der Waals surface area contributed by atoms with Crippen LogP contribution in [0.2, 0.25) is 0 Å². The van der Waals surface area contributed by atoms with Crippen LogP contribution in [0, 0.1) is 11.8 Å². The van der Waals surface area contributed by atoms with Crippen molar-refractivity contribution in [1.82, 2.24) is 5.32 Å². The Morgan fingerprint density at radius 2 is 2.33 bits per heavy atom. The highest BCUT2D eigenvalue weighted by atomic mass is 32.1. The number of nitrogens with zero attached hydrogens (tertiary/aromatic N) is 1. The summed E-state index contributed by atoms with van der Waals surface area (Å²) in [6, 6.07) is 2.03. The summed E-state index contributed by atoms with van der Waals surface area (Å²) >= 11 is 1.63. The van der Waals surface area contributed by atoms with Crippen LogP contribution in [0.25, 0.3) is 0 Å². The van der Waals surface area contributed by atoms with Gasteiger partial charge in [0, 0.05) is 6.54 Å². The van der Waals surface area contributed by atoms with Gasteiger partial charge in [-0.05, 0) is 34.7 Å². The molecule has 1 aromatic rings. The summed E-state index contributed by atoms with van der Waals surface area (Å²) in [6.45, 7) is 4.28. The largest absolute Gasteiger partial charge is 0.409 e. The predicted octanol–water partition coefficient (Wildman–Crippen LogP) is 1.43. The Hall–Kier alpha value is -1.56. The SMILES string of the molecule is CC(C)C(C(=O)NCCc1ccsc1)C(N)=NO. The molecule has 18 heavy (non-hydrogen) atoms. The average molecular weight is 269 g/mol. The number of amides is 1. The van der Waals surface area contributed by atoms with Crippen molar-refractivity contribution in [2.75, 3.05) is 6.54 Å². The van der Waals surface area contributed by atoms with Crippen molar-refractivity contribution >= 4 is 23.1 Å². The number of nitrogens with one attached hydrogen (secondary N) is 1. The van der Waals surface area contributed by atoms with Crippen molar-refractivity contribution in [3.8, 4) is 0 Å². The Morgan fingerprint density at radius 3 is 2.83 bits per heavy atom. The van der Waals surface area contributed by atoms with Gasteiger partial charge in [-0.3, -0.25) is 4.79 Å². The van der Waals surface area contributed by atoms with Crippen LogP contribution >= 0.6 is 11.3 Å². The zero-order valence-electron chi connectivity index (χ0n) is 10.6. The van der Waals surface area contributed by atoms with Gasteiger partial charge in [-0.15, -0.1) is 0 Å². The van der Waals surface area contributed by atoms with E-state index in [1.54, 1.807) is 11.3 Å². The third-order valence-corrected chi connectivity index (χ3v) is 3.41. The molecule has 0 aliphatic carbocycles. The molecule has 0 saturated heterocycles. The highest BCUT2D eigenvalue weighted by Crippen LogP contribution is 2.11. The van der Waals surface area contributed by atoms with Crippen molar-refractivity contribution in [2.24, 2.45) is 22.7 Å². The van der Waals surface area contributed by atoms with Crippen LogP contribution in [0.1, 0.15) is 19.4 Å². The number of amidine groups is 1. The summed E-state index contributed by atoms with van der Waals surface area (Å²) in [5.41, 5.74) is 6.73. The van der Waals surface area contributed by atoms with Crippen LogP contribution in [-0.4, -0.2) is 23.5 Å². The number of hydrogen-bond acceptors (Lipinski definition) is 4. The predicted molar refractivity (Wildman–Crippen MR) is 72.8 cm³/mol. The normalized spacial score (nSPS) is 13.6. The van der Waals surface area contributed by atoms with Crippen molar-refractivity contribution in [2.45, 2.75) is 20.3 Å². The fourth-order valence-corrected chi connectivity index (χ4v) is 2.42. The summed E-state index contributed by atoms with van der Waals surface area (Å²) in [7, 11) is 0. The van der Waals surface area contributed by atoms with E-state index in [-0.39, 0.29) is 17.7 Å². The second kappa shape index (κ2) is 7.00. The quantitative estimate of drug-likeness (QED) is 0.316. The van der Waals surface area contributed by atoms with Gasteiger partial charge >= 0.3 is 0 Å². The van der Waals surface area contributed by atoms with Crippen molar-refractivity contribution in [3.63, 3.8) is 0 Å². The monoisotopic (exact) mass is 269 g/mol. The molecule has 0 radical (unpaired) electrons. The molecule has 0 saturated carbocycles. The highest BCUT2D eigenvalue weighted by Gasteiger charge is 2.26. The fourth-order valence-electron chi connectivity index (χ4n) is 1.72. The lowest BCUT2D eigenvalue weighted by atomic mass is 9.94. The van der Waals surface area contributed by atoms with Gasteiger partial charge in [0.05, 0.1) is 0 Å². The Labute approximate surface area is 111 Å². The van der Waals surface area contributed by atoms with E-state index in [1.807, 2.05) is 25.3 Å². The van der Waals surface area contributed by atoms with Gasteiger partial charge in [-0.25, -0.2) is 0 Å². The van der Waals surface area contributed by atoms with Crippen LogP contribution in [0.15, 0.2) is 22.0 Å². The molecule has 100 valence electrons. The van der Waals surface area contributed by atoms with E-state index in [0.29, 0.717) is 6.54 Å². The van der Waals surface area contributed by atoms with Crippen molar-refractivity contribution in [1.29, 1.82) is 0 Å². The average Bonchev–Trinajstić information content (AvgIpc) is 2.81. The van der Waals surface area contributed by atoms with E-state index >= 15 is 0 Å². The zero-order chi connectivity index (χ0) is 13.5. The molecular weight excluding hydrogens is 250 g/mol. The topological polar surface area (TPSA) is 87.7 Å². The summed E-state index contributed by atoms with van der Waals surface area (Å²) < 4.78 is 0. The van der Waals surface area contributed by atoms with Gasteiger partial charge < -0.3 is 16.3 Å². The number of hydrogen-bond donors (Lipinski definition) is 3. The Morgan fingerprint density at radius 1 is 1.61 bits per heavy atom. The Balaban J connectivity index is 2.47. The molecule has 4 N–H and O–H groups in total. The van der Waals surface area contributed by atoms with E-state index in [9.17, 15) is 4.79 Å². The maximum atomic E-state index is 11.9. The first kappa shape index (κ1) is 14.5. The van der Waals surface area contributed by atoms with E-state index in [2.05, 4.69) is 15.9 Å². The van der Waals surface area contributed by atoms with E-state index in [0.717, 1.165) is 6.42 Å². The smallest absolute Gasteiger partial charge is 0.231 e. The van der Waals surface area contributed by atoms with Gasteiger partial charge in [0.15, 0.2) is 5.84 Å². The number of carbonyl (C=O) groups is 1.